The Hall–Kier alpha value is -2.87. The van der Waals surface area contributed by atoms with Gasteiger partial charge in [0.1, 0.15) is 0 Å². The van der Waals surface area contributed by atoms with Gasteiger partial charge >= 0.3 is 6.03 Å². The van der Waals surface area contributed by atoms with Crippen molar-refractivity contribution in [2.75, 3.05) is 18.4 Å². The summed E-state index contributed by atoms with van der Waals surface area (Å²) in [5, 5.41) is 11.6. The molecule has 0 aliphatic carbocycles. The third-order valence-electron chi connectivity index (χ3n) is 3.17. The Labute approximate surface area is 130 Å². The van der Waals surface area contributed by atoms with E-state index >= 15 is 0 Å². The molecular formula is C17H18N4O. The lowest BCUT2D eigenvalue weighted by molar-refractivity contribution is 0.213. The van der Waals surface area contributed by atoms with Crippen LogP contribution in [-0.4, -0.2) is 29.0 Å². The average molecular weight is 294 g/mol. The maximum absolute atomic E-state index is 12.3. The largest absolute Gasteiger partial charge is 0.323 e. The molecule has 0 spiro atoms. The number of nitrogens with one attached hydrogen (secondary N) is 1. The van der Waals surface area contributed by atoms with Gasteiger partial charge in [-0.1, -0.05) is 24.3 Å². The number of aromatic nitrogens is 1. The predicted octanol–water partition coefficient (Wildman–Crippen LogP) is 3.07. The molecule has 0 unspecified atom stereocenters. The molecule has 22 heavy (non-hydrogen) atoms. The Balaban J connectivity index is 1.96. The summed E-state index contributed by atoms with van der Waals surface area (Å²) in [6.07, 6.45) is 2.71. The Morgan fingerprint density at radius 2 is 1.91 bits per heavy atom. The van der Waals surface area contributed by atoms with E-state index in [2.05, 4.69) is 16.4 Å². The van der Waals surface area contributed by atoms with Crippen molar-refractivity contribution >= 4 is 11.7 Å². The third-order valence-corrected chi connectivity index (χ3v) is 3.17. The van der Waals surface area contributed by atoms with Crippen LogP contribution in [0.4, 0.5) is 10.5 Å². The Kier molecular flexibility index (Phi) is 5.94. The van der Waals surface area contributed by atoms with Gasteiger partial charge in [0.25, 0.3) is 0 Å². The molecule has 5 heteroatoms. The molecule has 0 fully saturated rings. The van der Waals surface area contributed by atoms with Crippen LogP contribution in [0.2, 0.25) is 0 Å². The number of nitriles is 1. The number of anilines is 1. The third kappa shape index (κ3) is 4.91. The molecule has 0 atom stereocenters. The van der Waals surface area contributed by atoms with Crippen molar-refractivity contribution in [3.05, 3.63) is 60.4 Å². The summed E-state index contributed by atoms with van der Waals surface area (Å²) in [5.74, 6) is 0. The van der Waals surface area contributed by atoms with E-state index in [4.69, 9.17) is 5.26 Å². The van der Waals surface area contributed by atoms with E-state index in [1.165, 1.54) is 0 Å². The lowest BCUT2D eigenvalue weighted by atomic mass is 10.2. The van der Waals surface area contributed by atoms with Gasteiger partial charge in [0, 0.05) is 37.1 Å². The first kappa shape index (κ1) is 15.5. The molecule has 5 nitrogen and oxygen atoms in total. The number of hydrogen-bond donors (Lipinski definition) is 1. The lowest BCUT2D eigenvalue weighted by Gasteiger charge is -2.22. The molecule has 0 aliphatic heterocycles. The van der Waals surface area contributed by atoms with Gasteiger partial charge in [-0.3, -0.25) is 4.98 Å². The van der Waals surface area contributed by atoms with Crippen molar-refractivity contribution in [1.82, 2.24) is 9.88 Å². The quantitative estimate of drug-likeness (QED) is 0.890. The first-order chi connectivity index (χ1) is 10.8. The van der Waals surface area contributed by atoms with E-state index in [0.29, 0.717) is 25.9 Å². The molecule has 2 rings (SSSR count). The van der Waals surface area contributed by atoms with Gasteiger partial charge in [0.05, 0.1) is 12.5 Å². The Morgan fingerprint density at radius 1 is 1.14 bits per heavy atom. The summed E-state index contributed by atoms with van der Waals surface area (Å²) < 4.78 is 0. The van der Waals surface area contributed by atoms with Crippen molar-refractivity contribution < 1.29 is 4.79 Å². The average Bonchev–Trinajstić information content (AvgIpc) is 2.56. The number of nitrogens with zero attached hydrogens (tertiary/aromatic N) is 3. The number of hydrogen-bond acceptors (Lipinski definition) is 3. The van der Waals surface area contributed by atoms with Gasteiger partial charge in [-0.05, 0) is 24.3 Å². The highest BCUT2D eigenvalue weighted by Gasteiger charge is 2.13. The minimum atomic E-state index is -0.197. The number of para-hydroxylation sites is 1. The van der Waals surface area contributed by atoms with Gasteiger partial charge in [0.2, 0.25) is 0 Å². The van der Waals surface area contributed by atoms with E-state index in [9.17, 15) is 4.79 Å². The minimum Gasteiger partial charge on any atom is -0.323 e. The van der Waals surface area contributed by atoms with E-state index in [0.717, 1.165) is 11.4 Å². The number of amides is 2. The van der Waals surface area contributed by atoms with Crippen LogP contribution in [0.5, 0.6) is 0 Å². The standard InChI is InChI=1S/C17H18N4O/c18-11-6-13-21(14-10-15-7-4-5-12-19-15)17(22)20-16-8-2-1-3-9-16/h1-5,7-9,12H,6,10,13-14H2,(H,20,22). The van der Waals surface area contributed by atoms with Gasteiger partial charge < -0.3 is 10.2 Å². The van der Waals surface area contributed by atoms with Gasteiger partial charge in [-0.25, -0.2) is 4.79 Å². The van der Waals surface area contributed by atoms with Crippen LogP contribution in [0, 0.1) is 11.3 Å². The maximum Gasteiger partial charge on any atom is 0.321 e. The number of rotatable bonds is 6. The van der Waals surface area contributed by atoms with Crippen LogP contribution in [-0.2, 0) is 6.42 Å². The number of urea groups is 1. The van der Waals surface area contributed by atoms with Crippen LogP contribution in [0.15, 0.2) is 54.7 Å². The van der Waals surface area contributed by atoms with E-state index in [1.54, 1.807) is 11.1 Å². The molecule has 0 saturated heterocycles. The number of carbonyl (C=O) groups excluding carboxylic acids is 1. The maximum atomic E-state index is 12.3. The van der Waals surface area contributed by atoms with E-state index in [1.807, 2.05) is 48.5 Å². The van der Waals surface area contributed by atoms with Crippen molar-refractivity contribution in [3.63, 3.8) is 0 Å². The summed E-state index contributed by atoms with van der Waals surface area (Å²) in [6.45, 7) is 0.930. The normalized spacial score (nSPS) is 9.77. The van der Waals surface area contributed by atoms with Gasteiger partial charge in [-0.15, -0.1) is 0 Å². The highest BCUT2D eigenvalue weighted by atomic mass is 16.2. The molecule has 1 aromatic carbocycles. The summed E-state index contributed by atoms with van der Waals surface area (Å²) >= 11 is 0. The summed E-state index contributed by atoms with van der Waals surface area (Å²) in [4.78, 5) is 18.2. The fourth-order valence-electron chi connectivity index (χ4n) is 2.02. The summed E-state index contributed by atoms with van der Waals surface area (Å²) in [7, 11) is 0. The molecule has 0 saturated carbocycles. The smallest absolute Gasteiger partial charge is 0.321 e. The van der Waals surface area contributed by atoms with E-state index in [-0.39, 0.29) is 6.03 Å². The fraction of sp³-hybridized carbons (Fsp3) is 0.235. The molecule has 0 aliphatic rings. The minimum absolute atomic E-state index is 0.197. The van der Waals surface area contributed by atoms with Crippen LogP contribution in [0.25, 0.3) is 0 Å². The van der Waals surface area contributed by atoms with Crippen LogP contribution < -0.4 is 5.32 Å². The second-order valence-electron chi connectivity index (χ2n) is 4.76. The fourth-order valence-corrected chi connectivity index (χ4v) is 2.02. The first-order valence-corrected chi connectivity index (χ1v) is 7.17. The van der Waals surface area contributed by atoms with Crippen molar-refractivity contribution in [2.45, 2.75) is 12.8 Å². The molecule has 1 aromatic heterocycles. The summed E-state index contributed by atoms with van der Waals surface area (Å²) in [5.41, 5.74) is 1.67. The van der Waals surface area contributed by atoms with Gasteiger partial charge in [0.15, 0.2) is 0 Å². The zero-order valence-electron chi connectivity index (χ0n) is 12.3. The topological polar surface area (TPSA) is 69.0 Å². The van der Waals surface area contributed by atoms with Crippen molar-refractivity contribution in [1.29, 1.82) is 5.26 Å². The zero-order valence-corrected chi connectivity index (χ0v) is 12.3. The van der Waals surface area contributed by atoms with Crippen LogP contribution >= 0.6 is 0 Å². The van der Waals surface area contributed by atoms with Crippen LogP contribution in [0.1, 0.15) is 12.1 Å². The zero-order chi connectivity index (χ0) is 15.6. The highest BCUT2D eigenvalue weighted by Crippen LogP contribution is 2.08. The predicted molar refractivity (Wildman–Crippen MR) is 85.2 cm³/mol. The molecular weight excluding hydrogens is 276 g/mol. The van der Waals surface area contributed by atoms with Gasteiger partial charge in [-0.2, -0.15) is 5.26 Å². The lowest BCUT2D eigenvalue weighted by Crippen LogP contribution is -2.37. The second kappa shape index (κ2) is 8.42. The molecule has 0 bridgehead atoms. The molecule has 2 aromatic rings. The summed E-state index contributed by atoms with van der Waals surface area (Å²) in [6, 6.07) is 16.9. The second-order valence-corrected chi connectivity index (χ2v) is 4.76. The first-order valence-electron chi connectivity index (χ1n) is 7.17. The Bertz CT molecular complexity index is 622. The highest BCUT2D eigenvalue weighted by molar-refractivity contribution is 5.89. The van der Waals surface area contributed by atoms with E-state index < -0.39 is 0 Å². The molecule has 0 radical (unpaired) electrons. The number of carbonyl (C=O) groups is 1. The molecule has 1 heterocycles. The Morgan fingerprint density at radius 3 is 2.59 bits per heavy atom. The van der Waals surface area contributed by atoms with Crippen molar-refractivity contribution in [3.8, 4) is 6.07 Å². The number of benzene rings is 1. The van der Waals surface area contributed by atoms with Crippen LogP contribution in [0.3, 0.4) is 0 Å². The number of pyridine rings is 1. The molecule has 2 amide bonds. The monoisotopic (exact) mass is 294 g/mol. The molecule has 1 N–H and O–H groups in total. The van der Waals surface area contributed by atoms with Crippen molar-refractivity contribution in [2.24, 2.45) is 0 Å². The molecule has 112 valence electrons. The SMILES string of the molecule is N#CCCN(CCc1ccccn1)C(=O)Nc1ccccc1.